The third-order valence-corrected chi connectivity index (χ3v) is 3.19. The van der Waals surface area contributed by atoms with Crippen LogP contribution < -0.4 is 5.32 Å². The van der Waals surface area contributed by atoms with Crippen LogP contribution in [0, 0.1) is 0 Å². The van der Waals surface area contributed by atoms with Crippen LogP contribution in [0.3, 0.4) is 0 Å². The number of nitrogens with zero attached hydrogens (tertiary/aromatic N) is 3. The van der Waals surface area contributed by atoms with Crippen LogP contribution in [-0.2, 0) is 13.0 Å². The molecule has 0 atom stereocenters. The Morgan fingerprint density at radius 2 is 2.25 bits per heavy atom. The van der Waals surface area contributed by atoms with E-state index in [2.05, 4.69) is 38.3 Å². The van der Waals surface area contributed by atoms with E-state index < -0.39 is 0 Å². The van der Waals surface area contributed by atoms with Crippen LogP contribution in [0.1, 0.15) is 24.7 Å². The molecule has 86 valence electrons. The van der Waals surface area contributed by atoms with Gasteiger partial charge in [-0.15, -0.1) is 0 Å². The minimum absolute atomic E-state index is 0.743. The first kappa shape index (κ1) is 11.5. The van der Waals surface area contributed by atoms with Crippen molar-refractivity contribution in [1.29, 1.82) is 0 Å². The molecule has 1 N–H and O–H groups in total. The van der Waals surface area contributed by atoms with Crippen molar-refractivity contribution < 1.29 is 0 Å². The second kappa shape index (κ2) is 4.93. The average molecular weight is 283 g/mol. The molecule has 0 aliphatic heterocycles. The standard InChI is InChI=1S/C11H15BrN4/c1-3-4-8-5-6-10-14-9(7-13-2)11(12)16(10)15-8/h5-6,13H,3-4,7H2,1-2H3. The molecule has 16 heavy (non-hydrogen) atoms. The van der Waals surface area contributed by atoms with Crippen molar-refractivity contribution in [2.24, 2.45) is 0 Å². The Morgan fingerprint density at radius 1 is 1.44 bits per heavy atom. The van der Waals surface area contributed by atoms with Gasteiger partial charge in [0, 0.05) is 6.54 Å². The molecular formula is C11H15BrN4. The molecule has 5 heteroatoms. The first-order chi connectivity index (χ1) is 7.76. The SMILES string of the molecule is CCCc1ccc2nc(CNC)c(Br)n2n1. The zero-order chi connectivity index (χ0) is 11.5. The quantitative estimate of drug-likeness (QED) is 0.935. The number of fused-ring (bicyclic) bond motifs is 1. The fourth-order valence-electron chi connectivity index (χ4n) is 1.66. The van der Waals surface area contributed by atoms with Gasteiger partial charge in [0.1, 0.15) is 4.60 Å². The highest BCUT2D eigenvalue weighted by Crippen LogP contribution is 2.18. The van der Waals surface area contributed by atoms with E-state index in [9.17, 15) is 0 Å². The Bertz CT molecular complexity index is 492. The lowest BCUT2D eigenvalue weighted by Crippen LogP contribution is -2.06. The monoisotopic (exact) mass is 282 g/mol. The molecule has 4 nitrogen and oxygen atoms in total. The summed E-state index contributed by atoms with van der Waals surface area (Å²) in [5.74, 6) is 0. The molecule has 0 saturated carbocycles. The van der Waals surface area contributed by atoms with Gasteiger partial charge < -0.3 is 5.32 Å². The summed E-state index contributed by atoms with van der Waals surface area (Å²) in [4.78, 5) is 4.49. The zero-order valence-electron chi connectivity index (χ0n) is 9.50. The maximum atomic E-state index is 4.55. The molecule has 0 aromatic carbocycles. The van der Waals surface area contributed by atoms with Gasteiger partial charge in [0.2, 0.25) is 0 Å². The smallest absolute Gasteiger partial charge is 0.155 e. The topological polar surface area (TPSA) is 42.2 Å². The first-order valence-electron chi connectivity index (χ1n) is 5.44. The Kier molecular flexibility index (Phi) is 3.56. The Morgan fingerprint density at radius 3 is 2.94 bits per heavy atom. The molecule has 0 amide bonds. The number of imidazole rings is 1. The number of aromatic nitrogens is 3. The van der Waals surface area contributed by atoms with E-state index in [1.807, 2.05) is 23.7 Å². The van der Waals surface area contributed by atoms with Crippen LogP contribution in [0.5, 0.6) is 0 Å². The first-order valence-corrected chi connectivity index (χ1v) is 6.23. The second-order valence-corrected chi connectivity index (χ2v) is 4.48. The summed E-state index contributed by atoms with van der Waals surface area (Å²) in [6, 6.07) is 4.06. The van der Waals surface area contributed by atoms with Gasteiger partial charge in [0.25, 0.3) is 0 Å². The van der Waals surface area contributed by atoms with Crippen LogP contribution >= 0.6 is 15.9 Å². The molecule has 0 spiro atoms. The maximum Gasteiger partial charge on any atom is 0.155 e. The predicted octanol–water partition coefficient (Wildman–Crippen LogP) is 2.16. The minimum Gasteiger partial charge on any atom is -0.314 e. The molecule has 0 fully saturated rings. The van der Waals surface area contributed by atoms with Crippen LogP contribution in [0.25, 0.3) is 5.65 Å². The molecule has 0 bridgehead atoms. The van der Waals surface area contributed by atoms with Crippen LogP contribution in [0.2, 0.25) is 0 Å². The van der Waals surface area contributed by atoms with Gasteiger partial charge in [-0.3, -0.25) is 0 Å². The van der Waals surface area contributed by atoms with Crippen molar-refractivity contribution in [2.75, 3.05) is 7.05 Å². The van der Waals surface area contributed by atoms with Crippen molar-refractivity contribution in [1.82, 2.24) is 19.9 Å². The molecule has 2 heterocycles. The summed E-state index contributed by atoms with van der Waals surface area (Å²) >= 11 is 3.54. The van der Waals surface area contributed by atoms with Crippen molar-refractivity contribution >= 4 is 21.6 Å². The zero-order valence-corrected chi connectivity index (χ0v) is 11.1. The van der Waals surface area contributed by atoms with Gasteiger partial charge in [0.15, 0.2) is 5.65 Å². The Balaban J connectivity index is 2.46. The number of halogens is 1. The van der Waals surface area contributed by atoms with Crippen molar-refractivity contribution in [2.45, 2.75) is 26.3 Å². The van der Waals surface area contributed by atoms with Gasteiger partial charge in [0.05, 0.1) is 11.4 Å². The van der Waals surface area contributed by atoms with Gasteiger partial charge in [-0.1, -0.05) is 13.3 Å². The summed E-state index contributed by atoms with van der Waals surface area (Å²) in [5, 5.41) is 7.64. The second-order valence-electron chi connectivity index (χ2n) is 3.72. The molecule has 0 unspecified atom stereocenters. The molecular weight excluding hydrogens is 268 g/mol. The van der Waals surface area contributed by atoms with Crippen LogP contribution in [0.15, 0.2) is 16.7 Å². The van der Waals surface area contributed by atoms with E-state index in [1.165, 1.54) is 0 Å². The number of rotatable bonds is 4. The van der Waals surface area contributed by atoms with E-state index in [0.717, 1.165) is 41.0 Å². The lowest BCUT2D eigenvalue weighted by Gasteiger charge is -1.99. The largest absolute Gasteiger partial charge is 0.314 e. The third kappa shape index (κ3) is 2.10. The summed E-state index contributed by atoms with van der Waals surface area (Å²) in [6.45, 7) is 2.90. The third-order valence-electron chi connectivity index (χ3n) is 2.39. The van der Waals surface area contributed by atoms with Gasteiger partial charge in [-0.25, -0.2) is 9.50 Å². The minimum atomic E-state index is 0.743. The molecule has 0 saturated heterocycles. The normalized spacial score (nSPS) is 11.2. The highest BCUT2D eigenvalue weighted by atomic mass is 79.9. The fourth-order valence-corrected chi connectivity index (χ4v) is 2.15. The number of hydrogen-bond acceptors (Lipinski definition) is 3. The van der Waals surface area contributed by atoms with Crippen molar-refractivity contribution in [3.8, 4) is 0 Å². The molecule has 2 rings (SSSR count). The average Bonchev–Trinajstić information content (AvgIpc) is 2.58. The lowest BCUT2D eigenvalue weighted by molar-refractivity contribution is 0.778. The summed E-state index contributed by atoms with van der Waals surface area (Å²) < 4.78 is 2.80. The Hall–Kier alpha value is -0.940. The number of hydrogen-bond donors (Lipinski definition) is 1. The highest BCUT2D eigenvalue weighted by molar-refractivity contribution is 9.10. The molecule has 0 aliphatic rings. The van der Waals surface area contributed by atoms with Crippen LogP contribution in [-0.4, -0.2) is 21.6 Å². The lowest BCUT2D eigenvalue weighted by atomic mass is 10.2. The summed E-state index contributed by atoms with van der Waals surface area (Å²) in [6.07, 6.45) is 2.11. The predicted molar refractivity (Wildman–Crippen MR) is 67.4 cm³/mol. The van der Waals surface area contributed by atoms with Gasteiger partial charge >= 0.3 is 0 Å². The van der Waals surface area contributed by atoms with Gasteiger partial charge in [-0.2, -0.15) is 5.10 Å². The van der Waals surface area contributed by atoms with E-state index in [-0.39, 0.29) is 0 Å². The maximum absolute atomic E-state index is 4.55. The molecule has 0 radical (unpaired) electrons. The number of nitrogens with one attached hydrogen (secondary N) is 1. The number of aryl methyl sites for hydroxylation is 1. The fraction of sp³-hybridized carbons (Fsp3) is 0.455. The van der Waals surface area contributed by atoms with E-state index in [1.54, 1.807) is 0 Å². The Labute approximate surface area is 103 Å². The van der Waals surface area contributed by atoms with E-state index >= 15 is 0 Å². The molecule has 2 aromatic rings. The van der Waals surface area contributed by atoms with E-state index in [0.29, 0.717) is 0 Å². The summed E-state index contributed by atoms with van der Waals surface area (Å²) in [7, 11) is 1.91. The van der Waals surface area contributed by atoms with Gasteiger partial charge in [-0.05, 0) is 41.5 Å². The van der Waals surface area contributed by atoms with Crippen LogP contribution in [0.4, 0.5) is 0 Å². The van der Waals surface area contributed by atoms with Crippen molar-refractivity contribution in [3.63, 3.8) is 0 Å². The molecule has 0 aliphatic carbocycles. The van der Waals surface area contributed by atoms with E-state index in [4.69, 9.17) is 0 Å². The molecule has 2 aromatic heterocycles. The summed E-state index contributed by atoms with van der Waals surface area (Å²) in [5.41, 5.74) is 2.98. The highest BCUT2D eigenvalue weighted by Gasteiger charge is 2.10. The van der Waals surface area contributed by atoms with Crippen molar-refractivity contribution in [3.05, 3.63) is 28.1 Å².